The molecule has 0 spiro atoms. The van der Waals surface area contributed by atoms with E-state index in [9.17, 15) is 9.50 Å². The Labute approximate surface area is 181 Å². The Balaban J connectivity index is 0.000000250. The third-order valence-electron chi connectivity index (χ3n) is 6.96. The van der Waals surface area contributed by atoms with Crippen molar-refractivity contribution in [1.29, 1.82) is 0 Å². The van der Waals surface area contributed by atoms with Gasteiger partial charge in [0.15, 0.2) is 5.82 Å². The number of aromatic hydroxyl groups is 1. The van der Waals surface area contributed by atoms with Crippen LogP contribution in [0.3, 0.4) is 0 Å². The normalized spacial score (nSPS) is 25.0. The first-order valence-corrected chi connectivity index (χ1v) is 11.5. The van der Waals surface area contributed by atoms with Crippen LogP contribution in [0.5, 0.6) is 5.75 Å². The zero-order chi connectivity index (χ0) is 21.5. The Hall–Kier alpha value is -2.25. The molecule has 2 aliphatic carbocycles. The molecule has 3 fully saturated rings. The summed E-state index contributed by atoms with van der Waals surface area (Å²) >= 11 is 0. The number of phenols is 1. The van der Waals surface area contributed by atoms with Crippen LogP contribution in [0.2, 0.25) is 0 Å². The molecule has 6 nitrogen and oxygen atoms in total. The fourth-order valence-corrected chi connectivity index (χ4v) is 5.14. The van der Waals surface area contributed by atoms with Crippen LogP contribution < -0.4 is 5.73 Å². The second-order valence-electron chi connectivity index (χ2n) is 9.32. The second-order valence-corrected chi connectivity index (χ2v) is 9.32. The zero-order valence-corrected chi connectivity index (χ0v) is 17.7. The minimum absolute atomic E-state index is 0.0359. The minimum Gasteiger partial charge on any atom is -0.507 e. The number of hydrogen-bond donors (Lipinski definition) is 3. The topological polar surface area (TPSA) is 101 Å². The maximum atomic E-state index is 14.8. The van der Waals surface area contributed by atoms with Crippen molar-refractivity contribution >= 4 is 5.82 Å². The van der Waals surface area contributed by atoms with Gasteiger partial charge in [0.1, 0.15) is 17.3 Å². The van der Waals surface area contributed by atoms with E-state index in [1.165, 1.54) is 25.3 Å². The van der Waals surface area contributed by atoms with E-state index in [0.717, 1.165) is 55.2 Å². The number of fused-ring (bicyclic) bond motifs is 4. The summed E-state index contributed by atoms with van der Waals surface area (Å²) in [6.45, 7) is 0. The van der Waals surface area contributed by atoms with Gasteiger partial charge in [-0.1, -0.05) is 19.3 Å². The molecule has 1 aromatic heterocycles. The van der Waals surface area contributed by atoms with Gasteiger partial charge in [-0.05, 0) is 67.7 Å². The lowest BCUT2D eigenvalue weighted by molar-refractivity contribution is 0.0326. The molecule has 1 aromatic carbocycles. The standard InChI is InChI=1S/C18H18FN3O2.C6H12O/c19-12-5-9(8-1-2-8)6-13(23)16(12)17-11-7-10-3-4-14(24-10)15(11)18(20)22-21-17;7-6-4-2-1-3-5-6/h5-6,8,10,14,23H,1-4,7H2,(H2,20,22);6-7H,1-5H2. The number of rotatable bonds is 2. The second kappa shape index (κ2) is 8.36. The number of ether oxygens (including phenoxy) is 1. The Kier molecular flexibility index (Phi) is 5.56. The molecule has 2 aliphatic heterocycles. The summed E-state index contributed by atoms with van der Waals surface area (Å²) in [5.74, 6) is 0.192. The molecule has 6 rings (SSSR count). The molecule has 0 radical (unpaired) electrons. The maximum absolute atomic E-state index is 14.8. The average molecular weight is 428 g/mol. The van der Waals surface area contributed by atoms with Crippen molar-refractivity contribution in [3.05, 3.63) is 34.6 Å². The van der Waals surface area contributed by atoms with Gasteiger partial charge >= 0.3 is 0 Å². The number of aliphatic hydroxyl groups excluding tert-OH is 1. The van der Waals surface area contributed by atoms with Crippen LogP contribution >= 0.6 is 0 Å². The Morgan fingerprint density at radius 3 is 2.42 bits per heavy atom. The molecule has 2 saturated carbocycles. The van der Waals surface area contributed by atoms with E-state index in [1.807, 2.05) is 0 Å². The van der Waals surface area contributed by atoms with Crippen molar-refractivity contribution in [1.82, 2.24) is 10.2 Å². The van der Waals surface area contributed by atoms with Crippen LogP contribution in [0.25, 0.3) is 11.3 Å². The van der Waals surface area contributed by atoms with Gasteiger partial charge in [-0.15, -0.1) is 10.2 Å². The van der Waals surface area contributed by atoms with Crippen molar-refractivity contribution in [2.75, 3.05) is 5.73 Å². The third-order valence-corrected chi connectivity index (χ3v) is 6.96. The van der Waals surface area contributed by atoms with Crippen molar-refractivity contribution in [3.8, 4) is 17.0 Å². The lowest BCUT2D eigenvalue weighted by Gasteiger charge is -2.26. The van der Waals surface area contributed by atoms with Gasteiger partial charge < -0.3 is 20.7 Å². The summed E-state index contributed by atoms with van der Waals surface area (Å²) in [5, 5.41) is 27.5. The number of benzene rings is 1. The van der Waals surface area contributed by atoms with Crippen LogP contribution in [0.1, 0.15) is 86.5 Å². The Bertz CT molecular complexity index is 950. The molecule has 0 amide bonds. The first-order valence-electron chi connectivity index (χ1n) is 11.5. The summed E-state index contributed by atoms with van der Waals surface area (Å²) in [7, 11) is 0. The van der Waals surface area contributed by atoms with Crippen molar-refractivity contribution in [2.45, 2.75) is 88.4 Å². The average Bonchev–Trinajstić information content (AvgIpc) is 3.54. The molecule has 166 valence electrons. The molecule has 1 saturated heterocycles. The molecule has 3 heterocycles. The maximum Gasteiger partial charge on any atom is 0.152 e. The number of anilines is 1. The number of hydrogen-bond acceptors (Lipinski definition) is 6. The molecule has 4 aliphatic rings. The Morgan fingerprint density at radius 1 is 1.00 bits per heavy atom. The predicted molar refractivity (Wildman–Crippen MR) is 115 cm³/mol. The van der Waals surface area contributed by atoms with E-state index in [2.05, 4.69) is 10.2 Å². The summed E-state index contributed by atoms with van der Waals surface area (Å²) in [6.07, 6.45) is 10.5. The van der Waals surface area contributed by atoms with Crippen LogP contribution in [0.4, 0.5) is 10.2 Å². The Morgan fingerprint density at radius 2 is 1.77 bits per heavy atom. The van der Waals surface area contributed by atoms with Gasteiger partial charge in [-0.3, -0.25) is 0 Å². The van der Waals surface area contributed by atoms with Gasteiger partial charge in [0.2, 0.25) is 0 Å². The third kappa shape index (κ3) is 4.13. The molecule has 2 unspecified atom stereocenters. The number of aliphatic hydroxyl groups is 1. The fourth-order valence-electron chi connectivity index (χ4n) is 5.14. The molecular formula is C24H30FN3O3. The monoisotopic (exact) mass is 427 g/mol. The number of halogens is 1. The quantitative estimate of drug-likeness (QED) is 0.651. The fraction of sp³-hybridized carbons (Fsp3) is 0.583. The number of nitrogens with two attached hydrogens (primary N) is 1. The van der Waals surface area contributed by atoms with Crippen LogP contribution in [0.15, 0.2) is 12.1 Å². The highest BCUT2D eigenvalue weighted by Gasteiger charge is 2.38. The lowest BCUT2D eigenvalue weighted by Crippen LogP contribution is -2.21. The van der Waals surface area contributed by atoms with E-state index in [4.69, 9.17) is 15.6 Å². The largest absolute Gasteiger partial charge is 0.507 e. The van der Waals surface area contributed by atoms with Gasteiger partial charge in [-0.25, -0.2) is 4.39 Å². The SMILES string of the molecule is Nc1nnc(-c2c(O)cc(C3CC3)cc2F)c2c1C1CCC(C2)O1.OC1CCCCC1. The molecule has 2 bridgehead atoms. The van der Waals surface area contributed by atoms with E-state index < -0.39 is 5.82 Å². The highest BCUT2D eigenvalue weighted by molar-refractivity contribution is 5.74. The van der Waals surface area contributed by atoms with Crippen molar-refractivity contribution in [2.24, 2.45) is 0 Å². The number of phenolic OH excluding ortho intramolecular Hbond substituents is 1. The number of aromatic nitrogens is 2. The first kappa shape index (κ1) is 20.6. The van der Waals surface area contributed by atoms with Gasteiger partial charge in [0, 0.05) is 12.0 Å². The van der Waals surface area contributed by atoms with Gasteiger partial charge in [0.25, 0.3) is 0 Å². The predicted octanol–water partition coefficient (Wildman–Crippen LogP) is 4.54. The van der Waals surface area contributed by atoms with E-state index in [-0.39, 0.29) is 29.6 Å². The minimum atomic E-state index is -0.447. The van der Waals surface area contributed by atoms with Crippen LogP contribution in [-0.4, -0.2) is 32.6 Å². The van der Waals surface area contributed by atoms with E-state index >= 15 is 0 Å². The molecule has 2 atom stereocenters. The van der Waals surface area contributed by atoms with Gasteiger partial charge in [-0.2, -0.15) is 0 Å². The van der Waals surface area contributed by atoms with Crippen molar-refractivity contribution < 1.29 is 19.3 Å². The van der Waals surface area contributed by atoms with Gasteiger partial charge in [0.05, 0.1) is 23.9 Å². The number of nitrogens with zero attached hydrogens (tertiary/aromatic N) is 2. The smallest absolute Gasteiger partial charge is 0.152 e. The highest BCUT2D eigenvalue weighted by atomic mass is 19.1. The molecule has 2 aromatic rings. The molecular weight excluding hydrogens is 397 g/mol. The summed E-state index contributed by atoms with van der Waals surface area (Å²) in [6, 6.07) is 3.18. The zero-order valence-electron chi connectivity index (χ0n) is 17.7. The first-order chi connectivity index (χ1) is 15.0. The highest BCUT2D eigenvalue weighted by Crippen LogP contribution is 2.48. The summed E-state index contributed by atoms with van der Waals surface area (Å²) in [4.78, 5) is 0. The van der Waals surface area contributed by atoms with E-state index in [1.54, 1.807) is 6.07 Å². The molecule has 31 heavy (non-hydrogen) atoms. The van der Waals surface area contributed by atoms with E-state index in [0.29, 0.717) is 23.9 Å². The number of nitrogen functional groups attached to an aromatic ring is 1. The molecule has 7 heteroatoms. The summed E-state index contributed by atoms with van der Waals surface area (Å²) < 4.78 is 20.7. The summed E-state index contributed by atoms with van der Waals surface area (Å²) in [5.41, 5.74) is 9.08. The van der Waals surface area contributed by atoms with Crippen LogP contribution in [-0.2, 0) is 11.2 Å². The van der Waals surface area contributed by atoms with Crippen molar-refractivity contribution in [3.63, 3.8) is 0 Å². The molecule has 4 N–H and O–H groups in total. The lowest BCUT2D eigenvalue weighted by atomic mass is 9.93. The van der Waals surface area contributed by atoms with Crippen LogP contribution in [0, 0.1) is 5.82 Å².